The topological polar surface area (TPSA) is 50.1 Å². The predicted octanol–water partition coefficient (Wildman–Crippen LogP) is 3.23. The highest BCUT2D eigenvalue weighted by Crippen LogP contribution is 2.46. The number of nitrogens with zero attached hydrogens (tertiary/aromatic N) is 1. The van der Waals surface area contributed by atoms with E-state index in [1.807, 2.05) is 13.8 Å². The van der Waals surface area contributed by atoms with E-state index in [1.165, 1.54) is 0 Å². The summed E-state index contributed by atoms with van der Waals surface area (Å²) in [4.78, 5) is 12.6. The van der Waals surface area contributed by atoms with Gasteiger partial charge in [-0.1, -0.05) is 20.3 Å². The lowest BCUT2D eigenvalue weighted by Gasteiger charge is -2.40. The first kappa shape index (κ1) is 13.5. The summed E-state index contributed by atoms with van der Waals surface area (Å²) in [6, 6.07) is 2.33. The molecule has 3 heteroatoms. The summed E-state index contributed by atoms with van der Waals surface area (Å²) in [7, 11) is 0. The standard InChI is InChI=1S/C15H23NO2/c1-11-5-6-12(18-11)9-15(10-16)8-4-7-14(2,3)13(15)17/h11-12H,4-9H2,1-3H3. The van der Waals surface area contributed by atoms with Gasteiger partial charge in [-0.15, -0.1) is 0 Å². The minimum Gasteiger partial charge on any atom is -0.375 e. The highest BCUT2D eigenvalue weighted by atomic mass is 16.5. The fourth-order valence-corrected chi connectivity index (χ4v) is 3.48. The fourth-order valence-electron chi connectivity index (χ4n) is 3.48. The summed E-state index contributed by atoms with van der Waals surface area (Å²) in [5, 5.41) is 9.54. The van der Waals surface area contributed by atoms with Crippen LogP contribution in [-0.2, 0) is 9.53 Å². The third-order valence-corrected chi connectivity index (χ3v) is 4.56. The van der Waals surface area contributed by atoms with Gasteiger partial charge in [-0.05, 0) is 39.0 Å². The minimum absolute atomic E-state index is 0.0949. The SMILES string of the molecule is CC1CCC(CC2(C#N)CCCC(C)(C)C2=O)O1. The molecule has 1 heterocycles. The molecule has 0 spiro atoms. The Bertz CT molecular complexity index is 382. The first-order valence-electron chi connectivity index (χ1n) is 7.01. The van der Waals surface area contributed by atoms with E-state index in [4.69, 9.17) is 4.74 Å². The zero-order valence-corrected chi connectivity index (χ0v) is 11.7. The summed E-state index contributed by atoms with van der Waals surface area (Å²) in [6.45, 7) is 6.00. The predicted molar refractivity (Wildman–Crippen MR) is 68.9 cm³/mol. The van der Waals surface area contributed by atoms with Crippen LogP contribution in [-0.4, -0.2) is 18.0 Å². The Kier molecular flexibility index (Phi) is 3.51. The van der Waals surface area contributed by atoms with Gasteiger partial charge in [0.1, 0.15) is 5.41 Å². The number of ether oxygens (including phenoxy) is 1. The van der Waals surface area contributed by atoms with E-state index in [9.17, 15) is 10.1 Å². The van der Waals surface area contributed by atoms with Gasteiger partial charge in [0.05, 0.1) is 18.3 Å². The van der Waals surface area contributed by atoms with Crippen LogP contribution in [0.2, 0.25) is 0 Å². The van der Waals surface area contributed by atoms with Crippen molar-refractivity contribution >= 4 is 5.78 Å². The second-order valence-corrected chi connectivity index (χ2v) is 6.61. The van der Waals surface area contributed by atoms with Crippen LogP contribution in [0, 0.1) is 22.2 Å². The molecule has 2 rings (SSSR count). The third-order valence-electron chi connectivity index (χ3n) is 4.56. The van der Waals surface area contributed by atoms with Crippen molar-refractivity contribution in [3.8, 4) is 6.07 Å². The van der Waals surface area contributed by atoms with Crippen LogP contribution >= 0.6 is 0 Å². The maximum absolute atomic E-state index is 12.6. The van der Waals surface area contributed by atoms with Gasteiger partial charge < -0.3 is 4.74 Å². The van der Waals surface area contributed by atoms with Crippen LogP contribution in [0.4, 0.5) is 0 Å². The number of hydrogen-bond acceptors (Lipinski definition) is 3. The van der Waals surface area contributed by atoms with Crippen LogP contribution in [0.1, 0.15) is 59.3 Å². The van der Waals surface area contributed by atoms with Gasteiger partial charge in [0.2, 0.25) is 0 Å². The zero-order valence-electron chi connectivity index (χ0n) is 11.7. The monoisotopic (exact) mass is 249 g/mol. The summed E-state index contributed by atoms with van der Waals surface area (Å²) in [5.41, 5.74) is -1.14. The first-order valence-corrected chi connectivity index (χ1v) is 7.01. The van der Waals surface area contributed by atoms with Crippen LogP contribution in [0.15, 0.2) is 0 Å². The molecule has 0 aromatic rings. The maximum Gasteiger partial charge on any atom is 0.158 e. The average Bonchev–Trinajstić information content (AvgIpc) is 2.71. The zero-order chi connectivity index (χ0) is 13.4. The molecule has 1 aliphatic carbocycles. The third kappa shape index (κ3) is 2.31. The van der Waals surface area contributed by atoms with E-state index >= 15 is 0 Å². The molecule has 0 aromatic heterocycles. The van der Waals surface area contributed by atoms with E-state index in [0.29, 0.717) is 12.8 Å². The number of Topliss-reactive ketones (excluding diaryl/α,β-unsaturated/α-hetero) is 1. The highest BCUT2D eigenvalue weighted by Gasteiger charge is 2.50. The summed E-state index contributed by atoms with van der Waals surface area (Å²) >= 11 is 0. The lowest BCUT2D eigenvalue weighted by atomic mass is 9.61. The van der Waals surface area contributed by atoms with Gasteiger partial charge in [0.15, 0.2) is 5.78 Å². The number of ketones is 1. The van der Waals surface area contributed by atoms with E-state index < -0.39 is 5.41 Å². The molecule has 2 aliphatic rings. The Morgan fingerprint density at radius 3 is 2.67 bits per heavy atom. The second-order valence-electron chi connectivity index (χ2n) is 6.61. The number of carbonyl (C=O) groups excluding carboxylic acids is 1. The molecule has 1 aliphatic heterocycles. The number of carbonyl (C=O) groups is 1. The number of hydrogen-bond donors (Lipinski definition) is 0. The van der Waals surface area contributed by atoms with Crippen LogP contribution < -0.4 is 0 Å². The Labute approximate surface area is 110 Å². The summed E-state index contributed by atoms with van der Waals surface area (Å²) < 4.78 is 5.80. The largest absolute Gasteiger partial charge is 0.375 e. The highest BCUT2D eigenvalue weighted by molar-refractivity contribution is 5.92. The average molecular weight is 249 g/mol. The van der Waals surface area contributed by atoms with E-state index in [-0.39, 0.29) is 23.4 Å². The molecule has 0 amide bonds. The van der Waals surface area contributed by atoms with E-state index in [1.54, 1.807) is 0 Å². The van der Waals surface area contributed by atoms with Crippen molar-refractivity contribution in [1.29, 1.82) is 5.26 Å². The quantitative estimate of drug-likeness (QED) is 0.755. The van der Waals surface area contributed by atoms with Crippen molar-refractivity contribution < 1.29 is 9.53 Å². The van der Waals surface area contributed by atoms with Crippen molar-refractivity contribution in [2.45, 2.75) is 71.5 Å². The van der Waals surface area contributed by atoms with Crippen LogP contribution in [0.25, 0.3) is 0 Å². The second kappa shape index (κ2) is 4.66. The first-order chi connectivity index (χ1) is 8.39. The smallest absolute Gasteiger partial charge is 0.158 e. The van der Waals surface area contributed by atoms with Gasteiger partial charge >= 0.3 is 0 Å². The van der Waals surface area contributed by atoms with Crippen LogP contribution in [0.5, 0.6) is 0 Å². The Morgan fingerprint density at radius 2 is 2.11 bits per heavy atom. The summed E-state index contributed by atoms with van der Waals surface area (Å²) in [6.07, 6.45) is 5.57. The molecule has 0 aromatic carbocycles. The Morgan fingerprint density at radius 1 is 1.39 bits per heavy atom. The molecular weight excluding hydrogens is 226 g/mol. The molecule has 0 bridgehead atoms. The van der Waals surface area contributed by atoms with E-state index in [2.05, 4.69) is 13.0 Å². The molecule has 18 heavy (non-hydrogen) atoms. The van der Waals surface area contributed by atoms with Crippen molar-refractivity contribution in [2.24, 2.45) is 10.8 Å². The maximum atomic E-state index is 12.6. The molecule has 0 radical (unpaired) electrons. The Balaban J connectivity index is 2.15. The number of rotatable bonds is 2. The molecule has 1 saturated carbocycles. The lowest BCUT2D eigenvalue weighted by molar-refractivity contribution is -0.140. The van der Waals surface area contributed by atoms with Crippen molar-refractivity contribution in [3.63, 3.8) is 0 Å². The van der Waals surface area contributed by atoms with Gasteiger partial charge in [0, 0.05) is 5.41 Å². The van der Waals surface area contributed by atoms with Crippen molar-refractivity contribution in [3.05, 3.63) is 0 Å². The molecule has 0 N–H and O–H groups in total. The summed E-state index contributed by atoms with van der Waals surface area (Å²) in [5.74, 6) is 0.131. The number of nitriles is 1. The van der Waals surface area contributed by atoms with Gasteiger partial charge in [-0.25, -0.2) is 0 Å². The van der Waals surface area contributed by atoms with Gasteiger partial charge in [-0.2, -0.15) is 5.26 Å². The van der Waals surface area contributed by atoms with Crippen molar-refractivity contribution in [2.75, 3.05) is 0 Å². The van der Waals surface area contributed by atoms with Crippen LogP contribution in [0.3, 0.4) is 0 Å². The van der Waals surface area contributed by atoms with Crippen molar-refractivity contribution in [1.82, 2.24) is 0 Å². The molecule has 2 fully saturated rings. The molecule has 3 unspecified atom stereocenters. The molecule has 1 saturated heterocycles. The lowest BCUT2D eigenvalue weighted by Crippen LogP contribution is -2.45. The molecule has 3 atom stereocenters. The minimum atomic E-state index is -0.795. The normalized spacial score (nSPS) is 39.6. The molecule has 100 valence electrons. The van der Waals surface area contributed by atoms with E-state index in [0.717, 1.165) is 25.7 Å². The van der Waals surface area contributed by atoms with Gasteiger partial charge in [0.25, 0.3) is 0 Å². The Hall–Kier alpha value is -0.880. The fraction of sp³-hybridized carbons (Fsp3) is 0.867. The molecular formula is C15H23NO2. The molecule has 3 nitrogen and oxygen atoms in total. The van der Waals surface area contributed by atoms with Gasteiger partial charge in [-0.3, -0.25) is 4.79 Å².